The number of benzene rings is 1. The Labute approximate surface area is 106 Å². The van der Waals surface area contributed by atoms with Crippen LogP contribution in [0.5, 0.6) is 0 Å². The average Bonchev–Trinajstić information content (AvgIpc) is 2.66. The summed E-state index contributed by atoms with van der Waals surface area (Å²) in [6.45, 7) is 0.884. The van der Waals surface area contributed by atoms with Gasteiger partial charge in [-0.2, -0.15) is 0 Å². The van der Waals surface area contributed by atoms with Crippen LogP contribution in [0.3, 0.4) is 0 Å². The van der Waals surface area contributed by atoms with Gasteiger partial charge in [0, 0.05) is 23.4 Å². The zero-order chi connectivity index (χ0) is 11.8. The molecule has 1 unspecified atom stereocenters. The first-order valence-electron chi connectivity index (χ1n) is 5.97. The number of rotatable bonds is 2. The van der Waals surface area contributed by atoms with Crippen molar-refractivity contribution in [1.29, 1.82) is 0 Å². The molecule has 1 atom stereocenters. The molecule has 2 aliphatic rings. The molecule has 1 aromatic rings. The van der Waals surface area contributed by atoms with E-state index in [0.29, 0.717) is 0 Å². The van der Waals surface area contributed by atoms with Crippen LogP contribution >= 0.6 is 12.2 Å². The van der Waals surface area contributed by atoms with Crippen LogP contribution in [0.4, 0.5) is 5.69 Å². The lowest BCUT2D eigenvalue weighted by molar-refractivity contribution is 0.0672. The van der Waals surface area contributed by atoms with Crippen molar-refractivity contribution in [3.05, 3.63) is 29.3 Å². The zero-order valence-electron chi connectivity index (χ0n) is 9.48. The molecule has 0 spiro atoms. The maximum Gasteiger partial charge on any atom is 0.254 e. The molecule has 88 valence electrons. The van der Waals surface area contributed by atoms with Crippen molar-refractivity contribution in [2.75, 3.05) is 11.9 Å². The highest BCUT2D eigenvalue weighted by atomic mass is 32.1. The topological polar surface area (TPSA) is 32.3 Å². The van der Waals surface area contributed by atoms with Crippen LogP contribution < -0.4 is 5.32 Å². The van der Waals surface area contributed by atoms with Crippen molar-refractivity contribution in [2.45, 2.75) is 25.3 Å². The third kappa shape index (κ3) is 1.55. The number of hydrogen-bond acceptors (Lipinski definition) is 2. The number of nitrogens with one attached hydrogen (secondary N) is 1. The van der Waals surface area contributed by atoms with E-state index in [0.717, 1.165) is 36.2 Å². The summed E-state index contributed by atoms with van der Waals surface area (Å²) in [5.74, 6) is 0.178. The SMILES string of the molecule is O=C1c2cccc(NC=S)c2C2CCCCN12. The summed E-state index contributed by atoms with van der Waals surface area (Å²) >= 11 is 4.85. The molecule has 1 fully saturated rings. The molecular weight excluding hydrogens is 232 g/mol. The molecule has 4 heteroatoms. The van der Waals surface area contributed by atoms with E-state index in [2.05, 4.69) is 5.32 Å². The summed E-state index contributed by atoms with van der Waals surface area (Å²) in [6.07, 6.45) is 3.38. The summed E-state index contributed by atoms with van der Waals surface area (Å²) < 4.78 is 0. The van der Waals surface area contributed by atoms with Gasteiger partial charge >= 0.3 is 0 Å². The normalized spacial score (nSPS) is 22.0. The van der Waals surface area contributed by atoms with Crippen molar-refractivity contribution in [3.8, 4) is 0 Å². The second-order valence-electron chi connectivity index (χ2n) is 4.54. The first-order valence-corrected chi connectivity index (χ1v) is 6.44. The standard InChI is InChI=1S/C13H14N2OS/c16-13-9-4-3-5-10(14-8-17)12(9)11-6-1-2-7-15(11)13/h3-5,8,11H,1-2,6-7H2,(H,14,17). The van der Waals surface area contributed by atoms with Gasteiger partial charge in [0.1, 0.15) is 0 Å². The number of carbonyl (C=O) groups excluding carboxylic acids is 1. The van der Waals surface area contributed by atoms with Gasteiger partial charge in [0.25, 0.3) is 5.91 Å². The van der Waals surface area contributed by atoms with E-state index in [1.165, 1.54) is 11.9 Å². The Morgan fingerprint density at radius 3 is 3.12 bits per heavy atom. The van der Waals surface area contributed by atoms with Crippen LogP contribution in [-0.2, 0) is 0 Å². The molecule has 0 aromatic heterocycles. The molecule has 17 heavy (non-hydrogen) atoms. The van der Waals surface area contributed by atoms with Crippen LogP contribution in [0.15, 0.2) is 18.2 Å². The fraction of sp³-hybridized carbons (Fsp3) is 0.385. The summed E-state index contributed by atoms with van der Waals surface area (Å²) in [4.78, 5) is 14.3. The lowest BCUT2D eigenvalue weighted by Gasteiger charge is -2.30. The zero-order valence-corrected chi connectivity index (χ0v) is 10.3. The first kappa shape index (κ1) is 10.7. The summed E-state index contributed by atoms with van der Waals surface area (Å²) in [5, 5.41) is 3.07. The molecule has 1 N–H and O–H groups in total. The second-order valence-corrected chi connectivity index (χ2v) is 4.77. The number of piperidine rings is 1. The number of amides is 1. The van der Waals surface area contributed by atoms with Gasteiger partial charge in [-0.3, -0.25) is 4.79 Å². The van der Waals surface area contributed by atoms with Gasteiger partial charge in [0.2, 0.25) is 0 Å². The Bertz CT molecular complexity index is 486. The van der Waals surface area contributed by atoms with Gasteiger partial charge in [-0.05, 0) is 31.4 Å². The van der Waals surface area contributed by atoms with Crippen LogP contribution in [0.1, 0.15) is 41.2 Å². The predicted molar refractivity (Wildman–Crippen MR) is 71.3 cm³/mol. The summed E-state index contributed by atoms with van der Waals surface area (Å²) in [6, 6.07) is 6.08. The number of thiocarbonyl (C=S) groups is 1. The smallest absolute Gasteiger partial charge is 0.254 e. The van der Waals surface area contributed by atoms with Crippen LogP contribution in [0.2, 0.25) is 0 Å². The highest BCUT2D eigenvalue weighted by Gasteiger charge is 2.39. The van der Waals surface area contributed by atoms with E-state index in [4.69, 9.17) is 12.2 Å². The van der Waals surface area contributed by atoms with Gasteiger partial charge < -0.3 is 10.2 Å². The fourth-order valence-corrected chi connectivity index (χ4v) is 3.06. The highest BCUT2D eigenvalue weighted by molar-refractivity contribution is 7.79. The molecule has 2 aliphatic heterocycles. The highest BCUT2D eigenvalue weighted by Crippen LogP contribution is 2.43. The van der Waals surface area contributed by atoms with Crippen LogP contribution in [0, 0.1) is 0 Å². The molecule has 1 amide bonds. The molecule has 3 rings (SSSR count). The third-order valence-electron chi connectivity index (χ3n) is 3.65. The molecule has 1 aromatic carbocycles. The molecule has 2 heterocycles. The molecular formula is C13H14N2OS. The van der Waals surface area contributed by atoms with Gasteiger partial charge in [0.15, 0.2) is 0 Å². The first-order chi connectivity index (χ1) is 8.33. The van der Waals surface area contributed by atoms with Crippen molar-refractivity contribution in [3.63, 3.8) is 0 Å². The van der Waals surface area contributed by atoms with E-state index in [1.807, 2.05) is 23.1 Å². The van der Waals surface area contributed by atoms with Gasteiger partial charge in [0.05, 0.1) is 11.5 Å². The van der Waals surface area contributed by atoms with Crippen LogP contribution in [0.25, 0.3) is 0 Å². The Kier molecular flexibility index (Phi) is 2.59. The van der Waals surface area contributed by atoms with Crippen molar-refractivity contribution >= 4 is 29.3 Å². The molecule has 1 saturated heterocycles. The van der Waals surface area contributed by atoms with Crippen molar-refractivity contribution < 1.29 is 4.79 Å². The number of anilines is 1. The summed E-state index contributed by atoms with van der Waals surface area (Å²) in [7, 11) is 0. The molecule has 3 nitrogen and oxygen atoms in total. The number of fused-ring (bicyclic) bond motifs is 3. The predicted octanol–water partition coefficient (Wildman–Crippen LogP) is 2.74. The quantitative estimate of drug-likeness (QED) is 0.814. The summed E-state index contributed by atoms with van der Waals surface area (Å²) in [5.41, 5.74) is 4.48. The molecule has 0 radical (unpaired) electrons. The van der Waals surface area contributed by atoms with Gasteiger partial charge in [-0.1, -0.05) is 18.3 Å². The van der Waals surface area contributed by atoms with Gasteiger partial charge in [-0.15, -0.1) is 0 Å². The Hall–Kier alpha value is -1.42. The largest absolute Gasteiger partial charge is 0.352 e. The van der Waals surface area contributed by atoms with Crippen molar-refractivity contribution in [1.82, 2.24) is 4.90 Å². The Balaban J connectivity index is 2.11. The lowest BCUT2D eigenvalue weighted by atomic mass is 9.96. The number of nitrogens with zero attached hydrogens (tertiary/aromatic N) is 1. The Morgan fingerprint density at radius 2 is 2.29 bits per heavy atom. The van der Waals surface area contributed by atoms with Gasteiger partial charge in [-0.25, -0.2) is 0 Å². The van der Waals surface area contributed by atoms with Crippen molar-refractivity contribution in [2.24, 2.45) is 0 Å². The van der Waals surface area contributed by atoms with E-state index in [9.17, 15) is 4.79 Å². The minimum atomic E-state index is 0.178. The Morgan fingerprint density at radius 1 is 1.41 bits per heavy atom. The van der Waals surface area contributed by atoms with E-state index < -0.39 is 0 Å². The van der Waals surface area contributed by atoms with Crippen LogP contribution in [-0.4, -0.2) is 22.8 Å². The second kappa shape index (κ2) is 4.11. The fourth-order valence-electron chi connectivity index (χ4n) is 2.93. The molecule has 0 aliphatic carbocycles. The minimum absolute atomic E-state index is 0.178. The number of hydrogen-bond donors (Lipinski definition) is 1. The molecule has 0 saturated carbocycles. The monoisotopic (exact) mass is 246 g/mol. The number of carbonyl (C=O) groups is 1. The van der Waals surface area contributed by atoms with E-state index >= 15 is 0 Å². The average molecular weight is 246 g/mol. The molecule has 0 bridgehead atoms. The van der Waals surface area contributed by atoms with E-state index in [-0.39, 0.29) is 11.9 Å². The lowest BCUT2D eigenvalue weighted by Crippen LogP contribution is -2.32. The minimum Gasteiger partial charge on any atom is -0.352 e. The third-order valence-corrected chi connectivity index (χ3v) is 3.77. The maximum absolute atomic E-state index is 12.2. The maximum atomic E-state index is 12.2. The van der Waals surface area contributed by atoms with E-state index in [1.54, 1.807) is 0 Å².